The van der Waals surface area contributed by atoms with Crippen LogP contribution in [0.2, 0.25) is 10.3 Å². The summed E-state index contributed by atoms with van der Waals surface area (Å²) < 4.78 is 0. The summed E-state index contributed by atoms with van der Waals surface area (Å²) in [5.41, 5.74) is 1.41. The maximum absolute atomic E-state index is 5.77. The molecule has 3 nitrogen and oxygen atoms in total. The highest BCUT2D eigenvalue weighted by molar-refractivity contribution is 6.35. The van der Waals surface area contributed by atoms with Crippen LogP contribution in [0.15, 0.2) is 12.4 Å². The molecule has 0 radical (unpaired) electrons. The zero-order valence-corrected chi connectivity index (χ0v) is 6.82. The minimum Gasteiger partial charge on any atom is -0.327 e. The summed E-state index contributed by atoms with van der Waals surface area (Å²) in [6, 6.07) is 0. The molecule has 0 atom stereocenters. The van der Waals surface area contributed by atoms with Gasteiger partial charge in [-0.25, -0.2) is 4.98 Å². The molecule has 0 bridgehead atoms. The Bertz CT molecular complexity index is 396. The van der Waals surface area contributed by atoms with Crippen molar-refractivity contribution in [3.05, 3.63) is 22.7 Å². The van der Waals surface area contributed by atoms with E-state index < -0.39 is 0 Å². The van der Waals surface area contributed by atoms with Crippen LogP contribution in [0.3, 0.4) is 0 Å². The summed E-state index contributed by atoms with van der Waals surface area (Å²) in [6.07, 6.45) is 3.15. The summed E-state index contributed by atoms with van der Waals surface area (Å²) in [5.74, 6) is 0. The highest BCUT2D eigenvalue weighted by Gasteiger charge is 2.03. The van der Waals surface area contributed by atoms with Crippen molar-refractivity contribution in [2.75, 3.05) is 0 Å². The van der Waals surface area contributed by atoms with E-state index in [0.717, 1.165) is 5.52 Å². The van der Waals surface area contributed by atoms with Gasteiger partial charge in [0.2, 0.25) is 5.28 Å². The van der Waals surface area contributed by atoms with Crippen molar-refractivity contribution in [3.63, 3.8) is 0 Å². The van der Waals surface area contributed by atoms with Crippen molar-refractivity contribution in [1.82, 2.24) is 15.0 Å². The molecule has 1 N–H and O–H groups in total. The lowest BCUT2D eigenvalue weighted by Gasteiger charge is -1.87. The van der Waals surface area contributed by atoms with E-state index in [1.54, 1.807) is 6.20 Å². The van der Waals surface area contributed by atoms with Gasteiger partial charge in [-0.3, -0.25) is 4.98 Å². The van der Waals surface area contributed by atoms with Crippen molar-refractivity contribution in [3.8, 4) is 0 Å². The normalized spacial score (nSPS) is 10.7. The van der Waals surface area contributed by atoms with Gasteiger partial charge in [-0.1, -0.05) is 11.6 Å². The van der Waals surface area contributed by atoms with Crippen LogP contribution >= 0.6 is 23.2 Å². The minimum atomic E-state index is 0.329. The van der Waals surface area contributed by atoms with E-state index in [-0.39, 0.29) is 0 Å². The van der Waals surface area contributed by atoms with Crippen molar-refractivity contribution >= 4 is 34.2 Å². The predicted molar refractivity (Wildman–Crippen MR) is 43.9 cm³/mol. The molecule has 2 aromatic heterocycles. The molecule has 0 saturated carbocycles. The van der Waals surface area contributed by atoms with Crippen LogP contribution < -0.4 is 0 Å². The molecule has 2 heterocycles. The van der Waals surface area contributed by atoms with Crippen molar-refractivity contribution in [2.24, 2.45) is 0 Å². The topological polar surface area (TPSA) is 41.6 Å². The Balaban J connectivity index is 2.90. The zero-order valence-electron chi connectivity index (χ0n) is 5.31. The van der Waals surface area contributed by atoms with Crippen LogP contribution in [-0.4, -0.2) is 15.0 Å². The fourth-order valence-corrected chi connectivity index (χ4v) is 1.26. The van der Waals surface area contributed by atoms with E-state index in [9.17, 15) is 0 Å². The molecular weight excluding hydrogens is 185 g/mol. The molecular formula is C6H3Cl2N3. The van der Waals surface area contributed by atoms with Crippen LogP contribution in [0.25, 0.3) is 11.0 Å². The molecule has 0 spiro atoms. The Morgan fingerprint density at radius 1 is 1.27 bits per heavy atom. The zero-order chi connectivity index (χ0) is 7.84. The highest BCUT2D eigenvalue weighted by Crippen LogP contribution is 2.20. The van der Waals surface area contributed by atoms with Crippen molar-refractivity contribution < 1.29 is 0 Å². The van der Waals surface area contributed by atoms with E-state index in [0.29, 0.717) is 15.8 Å². The number of hydrogen-bond donors (Lipinski definition) is 1. The number of halogens is 2. The lowest BCUT2D eigenvalue weighted by atomic mass is 10.4. The Kier molecular flexibility index (Phi) is 1.47. The smallest absolute Gasteiger partial charge is 0.201 e. The lowest BCUT2D eigenvalue weighted by Crippen LogP contribution is -1.73. The second-order valence-electron chi connectivity index (χ2n) is 2.05. The summed E-state index contributed by atoms with van der Waals surface area (Å²) in [7, 11) is 0. The third-order valence-corrected chi connectivity index (χ3v) is 1.78. The molecule has 0 aliphatic carbocycles. The van der Waals surface area contributed by atoms with Gasteiger partial charge in [0.05, 0.1) is 16.7 Å². The summed E-state index contributed by atoms with van der Waals surface area (Å²) in [6.45, 7) is 0. The molecule has 0 aliphatic heterocycles. The first-order valence-corrected chi connectivity index (χ1v) is 3.67. The van der Waals surface area contributed by atoms with Gasteiger partial charge in [-0.15, -0.1) is 0 Å². The number of nitrogens with zero attached hydrogens (tertiary/aromatic N) is 2. The van der Waals surface area contributed by atoms with E-state index in [4.69, 9.17) is 23.2 Å². The summed E-state index contributed by atoms with van der Waals surface area (Å²) >= 11 is 11.4. The summed E-state index contributed by atoms with van der Waals surface area (Å²) in [5, 5.41) is 0.834. The molecule has 0 fully saturated rings. The predicted octanol–water partition coefficient (Wildman–Crippen LogP) is 2.26. The number of aromatic amines is 1. The number of H-pyrrole nitrogens is 1. The molecule has 11 heavy (non-hydrogen) atoms. The molecule has 2 aromatic rings. The standard InChI is InChI=1S/C6H3Cl2N3/c7-3-1-9-2-4-5(3)11-6(8)10-4/h1-2H,(H,10,11). The van der Waals surface area contributed by atoms with Gasteiger partial charge in [0.15, 0.2) is 0 Å². The third kappa shape index (κ3) is 1.06. The fraction of sp³-hybridized carbons (Fsp3) is 0. The molecule has 0 aromatic carbocycles. The first-order chi connectivity index (χ1) is 5.27. The van der Waals surface area contributed by atoms with E-state index in [1.807, 2.05) is 0 Å². The van der Waals surface area contributed by atoms with E-state index in [1.165, 1.54) is 6.20 Å². The number of aromatic nitrogens is 3. The highest BCUT2D eigenvalue weighted by atomic mass is 35.5. The number of fused-ring (bicyclic) bond motifs is 1. The van der Waals surface area contributed by atoms with Crippen molar-refractivity contribution in [1.29, 1.82) is 0 Å². The molecule has 0 unspecified atom stereocenters. The van der Waals surface area contributed by atoms with Gasteiger partial charge >= 0.3 is 0 Å². The molecule has 0 aliphatic rings. The third-order valence-electron chi connectivity index (χ3n) is 1.32. The number of imidazole rings is 1. The lowest BCUT2D eigenvalue weighted by molar-refractivity contribution is 1.33. The van der Waals surface area contributed by atoms with Crippen LogP contribution in [-0.2, 0) is 0 Å². The van der Waals surface area contributed by atoms with Crippen molar-refractivity contribution in [2.45, 2.75) is 0 Å². The molecule has 0 saturated heterocycles. The van der Waals surface area contributed by atoms with Crippen LogP contribution in [0, 0.1) is 0 Å². The Morgan fingerprint density at radius 2 is 2.09 bits per heavy atom. The van der Waals surface area contributed by atoms with Crippen LogP contribution in [0.4, 0.5) is 0 Å². The number of hydrogen-bond acceptors (Lipinski definition) is 2. The van der Waals surface area contributed by atoms with Gasteiger partial charge in [-0.2, -0.15) is 0 Å². The SMILES string of the molecule is Clc1nc2c(Cl)cncc2[nH]1. The second-order valence-corrected chi connectivity index (χ2v) is 2.81. The van der Waals surface area contributed by atoms with Gasteiger partial charge < -0.3 is 4.98 Å². The monoisotopic (exact) mass is 187 g/mol. The average molecular weight is 188 g/mol. The Hall–Kier alpha value is -0.800. The fourth-order valence-electron chi connectivity index (χ4n) is 0.871. The van der Waals surface area contributed by atoms with E-state index in [2.05, 4.69) is 15.0 Å². The average Bonchev–Trinajstić information content (AvgIpc) is 2.31. The first kappa shape index (κ1) is 6.88. The molecule has 0 amide bonds. The molecule has 56 valence electrons. The maximum Gasteiger partial charge on any atom is 0.201 e. The van der Waals surface area contributed by atoms with Gasteiger partial charge in [0.1, 0.15) is 5.52 Å². The van der Waals surface area contributed by atoms with Crippen LogP contribution in [0.1, 0.15) is 0 Å². The summed E-state index contributed by atoms with van der Waals surface area (Å²) in [4.78, 5) is 10.6. The van der Waals surface area contributed by atoms with Gasteiger partial charge in [0, 0.05) is 6.20 Å². The van der Waals surface area contributed by atoms with E-state index >= 15 is 0 Å². The largest absolute Gasteiger partial charge is 0.327 e. The number of pyridine rings is 1. The molecule has 2 rings (SSSR count). The Labute approximate surface area is 72.4 Å². The van der Waals surface area contributed by atoms with Gasteiger partial charge in [-0.05, 0) is 11.6 Å². The first-order valence-electron chi connectivity index (χ1n) is 2.92. The molecule has 5 heteroatoms. The number of rotatable bonds is 0. The van der Waals surface area contributed by atoms with Gasteiger partial charge in [0.25, 0.3) is 0 Å². The maximum atomic E-state index is 5.77. The second kappa shape index (κ2) is 2.36. The van der Waals surface area contributed by atoms with Crippen LogP contribution in [0.5, 0.6) is 0 Å². The quantitative estimate of drug-likeness (QED) is 0.688. The number of nitrogens with one attached hydrogen (secondary N) is 1. The Morgan fingerprint density at radius 3 is 2.82 bits per heavy atom. The minimum absolute atomic E-state index is 0.329.